The zero-order valence-corrected chi connectivity index (χ0v) is 13.1. The van der Waals surface area contributed by atoms with Gasteiger partial charge < -0.3 is 11.1 Å². The van der Waals surface area contributed by atoms with Crippen LogP contribution in [0.15, 0.2) is 17.0 Å². The van der Waals surface area contributed by atoms with E-state index in [-0.39, 0.29) is 10.9 Å². The highest BCUT2D eigenvalue weighted by atomic mass is 32.2. The van der Waals surface area contributed by atoms with Gasteiger partial charge in [-0.05, 0) is 37.3 Å². The maximum absolute atomic E-state index is 11.5. The molecule has 0 fully saturated rings. The van der Waals surface area contributed by atoms with Crippen LogP contribution in [0.5, 0.6) is 0 Å². The molecule has 108 valence electrons. The number of thioether (sulfide) groups is 1. The van der Waals surface area contributed by atoms with Gasteiger partial charge in [0.05, 0.1) is 4.90 Å². The highest BCUT2D eigenvalue weighted by Crippen LogP contribution is 2.27. The molecule has 5 N–H and O–H groups in total. The summed E-state index contributed by atoms with van der Waals surface area (Å²) in [5.74, 6) is 0.940. The van der Waals surface area contributed by atoms with E-state index in [1.165, 1.54) is 6.07 Å². The van der Waals surface area contributed by atoms with Crippen LogP contribution in [0.1, 0.15) is 18.9 Å². The second kappa shape index (κ2) is 6.49. The highest BCUT2D eigenvalue weighted by molar-refractivity contribution is 7.98. The molecular formula is C12H21N3O2S2. The Morgan fingerprint density at radius 2 is 2.05 bits per heavy atom. The molecule has 5 nitrogen and oxygen atoms in total. The van der Waals surface area contributed by atoms with Crippen molar-refractivity contribution in [1.29, 1.82) is 0 Å². The van der Waals surface area contributed by atoms with E-state index in [1.807, 2.05) is 6.26 Å². The molecule has 0 saturated carbocycles. The van der Waals surface area contributed by atoms with E-state index in [0.717, 1.165) is 17.9 Å². The van der Waals surface area contributed by atoms with Gasteiger partial charge in [0, 0.05) is 23.2 Å². The number of benzene rings is 1. The topological polar surface area (TPSA) is 98.2 Å². The lowest BCUT2D eigenvalue weighted by molar-refractivity contribution is 0.597. The zero-order valence-electron chi connectivity index (χ0n) is 11.4. The van der Waals surface area contributed by atoms with Crippen molar-refractivity contribution in [2.24, 2.45) is 5.14 Å². The van der Waals surface area contributed by atoms with Crippen molar-refractivity contribution in [1.82, 2.24) is 0 Å². The predicted octanol–water partition coefficient (Wildman–Crippen LogP) is 1.78. The predicted molar refractivity (Wildman–Crippen MR) is 83.0 cm³/mol. The van der Waals surface area contributed by atoms with Gasteiger partial charge in [-0.25, -0.2) is 13.6 Å². The molecule has 0 aliphatic rings. The van der Waals surface area contributed by atoms with Crippen LogP contribution in [-0.2, 0) is 10.0 Å². The molecule has 1 unspecified atom stereocenters. The maximum atomic E-state index is 11.5. The van der Waals surface area contributed by atoms with Gasteiger partial charge in [-0.15, -0.1) is 0 Å². The summed E-state index contributed by atoms with van der Waals surface area (Å²) in [5.41, 5.74) is 7.47. The molecule has 0 aliphatic heterocycles. The van der Waals surface area contributed by atoms with Gasteiger partial charge in [0.1, 0.15) is 0 Å². The van der Waals surface area contributed by atoms with Crippen molar-refractivity contribution in [2.75, 3.05) is 23.1 Å². The highest BCUT2D eigenvalue weighted by Gasteiger charge is 2.17. The molecule has 0 aromatic heterocycles. The number of rotatable bonds is 6. The van der Waals surface area contributed by atoms with Crippen molar-refractivity contribution in [3.8, 4) is 0 Å². The van der Waals surface area contributed by atoms with Gasteiger partial charge in [0.2, 0.25) is 10.0 Å². The van der Waals surface area contributed by atoms with E-state index in [1.54, 1.807) is 24.8 Å². The first-order valence-corrected chi connectivity index (χ1v) is 8.92. The second-order valence-corrected chi connectivity index (χ2v) is 6.88. The quantitative estimate of drug-likeness (QED) is 0.696. The number of nitrogens with two attached hydrogens (primary N) is 2. The monoisotopic (exact) mass is 303 g/mol. The standard InChI is InChI=1S/C12H21N3O2S2/c1-4-10(7-18-3)15-11-5-9(13)6-12(8(11)2)19(14,16)17/h5-6,10,15H,4,7,13H2,1-3H3,(H2,14,16,17). The van der Waals surface area contributed by atoms with Gasteiger partial charge in [0.25, 0.3) is 0 Å². The maximum Gasteiger partial charge on any atom is 0.238 e. The number of sulfonamides is 1. The summed E-state index contributed by atoms with van der Waals surface area (Å²) in [4.78, 5) is 0.0778. The van der Waals surface area contributed by atoms with Crippen molar-refractivity contribution < 1.29 is 8.42 Å². The fourth-order valence-electron chi connectivity index (χ4n) is 1.84. The van der Waals surface area contributed by atoms with E-state index in [4.69, 9.17) is 10.9 Å². The molecule has 1 atom stereocenters. The molecule has 0 aliphatic carbocycles. The molecule has 0 spiro atoms. The molecule has 1 aromatic carbocycles. The summed E-state index contributed by atoms with van der Waals surface area (Å²) in [6, 6.07) is 3.40. The summed E-state index contributed by atoms with van der Waals surface area (Å²) >= 11 is 1.74. The van der Waals surface area contributed by atoms with E-state index >= 15 is 0 Å². The SMILES string of the molecule is CCC(CSC)Nc1cc(N)cc(S(N)(=O)=O)c1C. The second-order valence-electron chi connectivity index (χ2n) is 4.44. The third kappa shape index (κ3) is 4.29. The van der Waals surface area contributed by atoms with Crippen molar-refractivity contribution in [3.05, 3.63) is 17.7 Å². The molecule has 7 heteroatoms. The van der Waals surface area contributed by atoms with Gasteiger partial charge in [-0.1, -0.05) is 6.92 Å². The number of primary sulfonamides is 1. The summed E-state index contributed by atoms with van der Waals surface area (Å²) in [6.45, 7) is 3.81. The lowest BCUT2D eigenvalue weighted by Crippen LogP contribution is -2.23. The van der Waals surface area contributed by atoms with Gasteiger partial charge in [-0.3, -0.25) is 0 Å². The van der Waals surface area contributed by atoms with Crippen molar-refractivity contribution in [2.45, 2.75) is 31.2 Å². The molecule has 0 bridgehead atoms. The Hall–Kier alpha value is -0.920. The van der Waals surface area contributed by atoms with Gasteiger partial charge >= 0.3 is 0 Å². The Balaban J connectivity index is 3.18. The Morgan fingerprint density at radius 1 is 1.42 bits per heavy atom. The fourth-order valence-corrected chi connectivity index (χ4v) is 3.40. The normalized spacial score (nSPS) is 13.3. The van der Waals surface area contributed by atoms with Crippen molar-refractivity contribution in [3.63, 3.8) is 0 Å². The molecule has 1 aromatic rings. The Bertz CT molecular complexity index is 544. The fraction of sp³-hybridized carbons (Fsp3) is 0.500. The van der Waals surface area contributed by atoms with Crippen LogP contribution in [0.25, 0.3) is 0 Å². The minimum atomic E-state index is -3.76. The molecule has 0 radical (unpaired) electrons. The molecule has 0 amide bonds. The Kier molecular flexibility index (Phi) is 5.51. The van der Waals surface area contributed by atoms with Gasteiger partial charge in [-0.2, -0.15) is 11.8 Å². The molecule has 1 rings (SSSR count). The number of hydrogen-bond acceptors (Lipinski definition) is 5. The zero-order chi connectivity index (χ0) is 14.6. The number of nitrogen functional groups attached to an aromatic ring is 1. The Labute approximate surface area is 119 Å². The smallest absolute Gasteiger partial charge is 0.238 e. The number of anilines is 2. The molecule has 0 saturated heterocycles. The number of hydrogen-bond donors (Lipinski definition) is 3. The van der Waals surface area contributed by atoms with Crippen LogP contribution >= 0.6 is 11.8 Å². The van der Waals surface area contributed by atoms with Crippen LogP contribution in [0.4, 0.5) is 11.4 Å². The lowest BCUT2D eigenvalue weighted by atomic mass is 10.1. The average molecular weight is 303 g/mol. The van der Waals surface area contributed by atoms with Crippen molar-refractivity contribution >= 4 is 33.2 Å². The van der Waals surface area contributed by atoms with Gasteiger partial charge in [0.15, 0.2) is 0 Å². The molecular weight excluding hydrogens is 282 g/mol. The van der Waals surface area contributed by atoms with E-state index in [0.29, 0.717) is 11.3 Å². The Morgan fingerprint density at radius 3 is 2.53 bits per heavy atom. The first-order chi connectivity index (χ1) is 8.79. The van der Waals surface area contributed by atoms with Crippen LogP contribution in [0.3, 0.4) is 0 Å². The van der Waals surface area contributed by atoms with E-state index in [9.17, 15) is 8.42 Å². The third-order valence-corrected chi connectivity index (χ3v) is 4.68. The third-order valence-electron chi connectivity index (χ3n) is 2.91. The summed E-state index contributed by atoms with van der Waals surface area (Å²) in [6.07, 6.45) is 2.98. The minimum absolute atomic E-state index is 0.0778. The largest absolute Gasteiger partial charge is 0.399 e. The average Bonchev–Trinajstić information content (AvgIpc) is 2.31. The van der Waals surface area contributed by atoms with E-state index in [2.05, 4.69) is 12.2 Å². The molecule has 19 heavy (non-hydrogen) atoms. The van der Waals surface area contributed by atoms with Crippen LogP contribution in [0, 0.1) is 6.92 Å². The summed E-state index contributed by atoms with van der Waals surface area (Å²) < 4.78 is 23.1. The van der Waals surface area contributed by atoms with Crippen LogP contribution in [-0.4, -0.2) is 26.5 Å². The van der Waals surface area contributed by atoms with Crippen LogP contribution < -0.4 is 16.2 Å². The summed E-state index contributed by atoms with van der Waals surface area (Å²) in [5, 5.41) is 8.53. The first-order valence-electron chi connectivity index (χ1n) is 5.98. The first kappa shape index (κ1) is 16.1. The minimum Gasteiger partial charge on any atom is -0.399 e. The van der Waals surface area contributed by atoms with E-state index < -0.39 is 10.0 Å². The van der Waals surface area contributed by atoms with Crippen LogP contribution in [0.2, 0.25) is 0 Å². The number of nitrogens with one attached hydrogen (secondary N) is 1. The summed E-state index contributed by atoms with van der Waals surface area (Å²) in [7, 11) is -3.76. The molecule has 0 heterocycles. The lowest BCUT2D eigenvalue weighted by Gasteiger charge is -2.20.